The number of phenolic OH excluding ortho intramolecular Hbond substituents is 5. The molecule has 10 atom stereocenters. The Kier molecular flexibility index (Phi) is 11.4. The number of carbonyl (C=O) groups is 1. The van der Waals surface area contributed by atoms with Gasteiger partial charge in [0.25, 0.3) is 0 Å². The Labute approximate surface area is 315 Å². The minimum Gasteiger partial charge on any atom is -0.508 e. The predicted octanol–water partition coefficient (Wildman–Crippen LogP) is -0.0996. The van der Waals surface area contributed by atoms with Crippen molar-refractivity contribution in [2.24, 2.45) is 0 Å². The highest BCUT2D eigenvalue weighted by atomic mass is 16.7. The maximum atomic E-state index is 13.8. The van der Waals surface area contributed by atoms with Crippen molar-refractivity contribution in [1.82, 2.24) is 0 Å². The van der Waals surface area contributed by atoms with E-state index in [1.54, 1.807) is 0 Å². The second-order valence-electron chi connectivity index (χ2n) is 12.9. The number of rotatable bonds is 10. The molecule has 4 aromatic rings. The molecule has 10 N–H and O–H groups in total. The third kappa shape index (κ3) is 7.51. The molecule has 2 aliphatic rings. The van der Waals surface area contributed by atoms with Crippen LogP contribution in [0.5, 0.6) is 46.0 Å². The van der Waals surface area contributed by atoms with Crippen LogP contribution in [-0.4, -0.2) is 139 Å². The Bertz CT molecular complexity index is 2130. The van der Waals surface area contributed by atoms with Crippen molar-refractivity contribution in [1.29, 1.82) is 0 Å². The van der Waals surface area contributed by atoms with Crippen molar-refractivity contribution in [3.8, 4) is 57.3 Å². The minimum atomic E-state index is -2.05. The normalized spacial score (nSPS) is 27.8. The van der Waals surface area contributed by atoms with Gasteiger partial charge in [-0.1, -0.05) is 0 Å². The molecule has 0 amide bonds. The van der Waals surface area contributed by atoms with E-state index >= 15 is 0 Å². The Morgan fingerprint density at radius 1 is 0.750 bits per heavy atom. The van der Waals surface area contributed by atoms with E-state index in [4.69, 9.17) is 37.6 Å². The Morgan fingerprint density at radius 3 is 2.07 bits per heavy atom. The highest BCUT2D eigenvalue weighted by molar-refractivity contribution is 5.91. The van der Waals surface area contributed by atoms with Crippen molar-refractivity contribution >= 4 is 16.9 Å². The molecule has 20 heteroatoms. The monoisotopic (exact) mass is 790 g/mol. The lowest BCUT2D eigenvalue weighted by molar-refractivity contribution is -0.318. The molecule has 2 aliphatic heterocycles. The van der Waals surface area contributed by atoms with E-state index in [-0.39, 0.29) is 28.2 Å². The standard InChI is InChI=1S/C36H38O20/c1-12-24(41)29(46)33(55-34(48)14-7-20(49-2)25(42)21(8-14)50-3)36(52-12)51-11-22-26(43)28(45)30(47)35(54-22)56-32-27(44)23-18(40)9-15(37)10-19(23)53-31(32)13-4-5-16(38)17(39)6-13/h4-10,12,22,24,26,28-30,33,35-43,45-47H,11H2,1-3H3/t12-,22+,24-,26-,28-,29+,30+,33+,35-,36+/m0/s1. The fraction of sp³-hybridized carbons (Fsp3) is 0.389. The molecular formula is C36H38O20. The zero-order valence-electron chi connectivity index (χ0n) is 29.6. The second-order valence-corrected chi connectivity index (χ2v) is 12.9. The van der Waals surface area contributed by atoms with E-state index in [1.165, 1.54) is 27.2 Å². The van der Waals surface area contributed by atoms with Gasteiger partial charge in [-0.3, -0.25) is 4.79 Å². The van der Waals surface area contributed by atoms with Crippen LogP contribution in [0.1, 0.15) is 17.3 Å². The van der Waals surface area contributed by atoms with Crippen LogP contribution in [0.15, 0.2) is 51.7 Å². The Hall–Kier alpha value is -5.58. The summed E-state index contributed by atoms with van der Waals surface area (Å²) >= 11 is 0. The molecule has 3 heterocycles. The number of fused-ring (bicyclic) bond motifs is 1. The van der Waals surface area contributed by atoms with Gasteiger partial charge < -0.3 is 88.6 Å². The first-order valence-electron chi connectivity index (χ1n) is 16.7. The largest absolute Gasteiger partial charge is 0.508 e. The van der Waals surface area contributed by atoms with Gasteiger partial charge in [-0.2, -0.15) is 0 Å². The van der Waals surface area contributed by atoms with E-state index in [2.05, 4.69) is 0 Å². The first-order valence-corrected chi connectivity index (χ1v) is 16.7. The van der Waals surface area contributed by atoms with Crippen molar-refractivity contribution in [2.75, 3.05) is 20.8 Å². The van der Waals surface area contributed by atoms with Gasteiger partial charge >= 0.3 is 5.97 Å². The van der Waals surface area contributed by atoms with Crippen molar-refractivity contribution in [3.63, 3.8) is 0 Å². The van der Waals surface area contributed by atoms with E-state index in [0.29, 0.717) is 0 Å². The lowest BCUT2D eigenvalue weighted by Gasteiger charge is -2.43. The second kappa shape index (κ2) is 15.9. The molecule has 2 fully saturated rings. The van der Waals surface area contributed by atoms with Crippen LogP contribution < -0.4 is 19.6 Å². The van der Waals surface area contributed by atoms with Crippen LogP contribution in [0.2, 0.25) is 0 Å². The third-order valence-electron chi connectivity index (χ3n) is 9.23. The van der Waals surface area contributed by atoms with Crippen LogP contribution >= 0.6 is 0 Å². The van der Waals surface area contributed by atoms with E-state index in [0.717, 1.165) is 36.4 Å². The average Bonchev–Trinajstić information content (AvgIpc) is 3.16. The number of hydrogen-bond acceptors (Lipinski definition) is 20. The molecule has 0 spiro atoms. The van der Waals surface area contributed by atoms with Crippen LogP contribution in [0.3, 0.4) is 0 Å². The molecule has 0 radical (unpaired) electrons. The quantitative estimate of drug-likeness (QED) is 0.0741. The van der Waals surface area contributed by atoms with Crippen molar-refractivity contribution in [3.05, 3.63) is 58.3 Å². The van der Waals surface area contributed by atoms with Gasteiger partial charge in [0, 0.05) is 17.7 Å². The Balaban J connectivity index is 1.27. The molecule has 2 saturated heterocycles. The maximum Gasteiger partial charge on any atom is 0.338 e. The Morgan fingerprint density at radius 2 is 1.43 bits per heavy atom. The predicted molar refractivity (Wildman–Crippen MR) is 185 cm³/mol. The topological polar surface area (TPSA) is 314 Å². The number of aliphatic hydroxyl groups excluding tert-OH is 5. The maximum absolute atomic E-state index is 13.8. The van der Waals surface area contributed by atoms with Crippen LogP contribution in [0.25, 0.3) is 22.3 Å². The van der Waals surface area contributed by atoms with Crippen LogP contribution in [0.4, 0.5) is 0 Å². The lowest BCUT2D eigenvalue weighted by Crippen LogP contribution is -2.62. The van der Waals surface area contributed by atoms with Gasteiger partial charge in [0.1, 0.15) is 59.1 Å². The number of ether oxygens (including phenoxy) is 7. The fourth-order valence-corrected chi connectivity index (χ4v) is 6.15. The molecule has 0 aliphatic carbocycles. The highest BCUT2D eigenvalue weighted by Crippen LogP contribution is 2.40. The highest BCUT2D eigenvalue weighted by Gasteiger charge is 2.49. The van der Waals surface area contributed by atoms with E-state index in [9.17, 15) is 60.7 Å². The van der Waals surface area contributed by atoms with Gasteiger partial charge in [0.15, 0.2) is 41.2 Å². The summed E-state index contributed by atoms with van der Waals surface area (Å²) in [5.41, 5.74) is -1.68. The summed E-state index contributed by atoms with van der Waals surface area (Å²) in [4.78, 5) is 27.1. The number of aromatic hydroxyl groups is 5. The summed E-state index contributed by atoms with van der Waals surface area (Å²) in [5, 5.41) is 104. The smallest absolute Gasteiger partial charge is 0.338 e. The van der Waals surface area contributed by atoms with Crippen LogP contribution in [0, 0.1) is 0 Å². The SMILES string of the molecule is COc1cc(C(=O)O[C@H]2[C@H](OC[C@H]3O[C@@H](Oc4c(-c5ccc(O)c(O)c5)oc5cc(O)cc(O)c5c4=O)[C@H](O)[C@@H](O)[C@H]3O)O[C@@H](C)[C@H](O)[C@H]2O)cc(OC)c1O. The zero-order valence-corrected chi connectivity index (χ0v) is 29.6. The molecule has 6 rings (SSSR count). The van der Waals surface area contributed by atoms with E-state index in [1.807, 2.05) is 0 Å². The average molecular weight is 791 g/mol. The molecule has 20 nitrogen and oxygen atoms in total. The summed E-state index contributed by atoms with van der Waals surface area (Å²) in [6.07, 6.45) is -17.4. The number of esters is 1. The van der Waals surface area contributed by atoms with Crippen molar-refractivity contribution in [2.45, 2.75) is 68.3 Å². The fourth-order valence-electron chi connectivity index (χ4n) is 6.15. The number of hydrogen-bond donors (Lipinski definition) is 10. The molecule has 0 unspecified atom stereocenters. The number of carbonyl (C=O) groups excluding carboxylic acids is 1. The number of benzene rings is 3. The summed E-state index contributed by atoms with van der Waals surface area (Å²) in [7, 11) is 2.46. The molecule has 56 heavy (non-hydrogen) atoms. The van der Waals surface area contributed by atoms with Gasteiger partial charge in [-0.05, 0) is 37.3 Å². The summed E-state index contributed by atoms with van der Waals surface area (Å²) in [5.74, 6) is -5.36. The van der Waals surface area contributed by atoms with Crippen molar-refractivity contribution < 1.29 is 93.4 Å². The number of phenols is 5. The summed E-state index contributed by atoms with van der Waals surface area (Å²) in [6.45, 7) is 0.651. The first kappa shape index (κ1) is 40.1. The van der Waals surface area contributed by atoms with E-state index < -0.39 is 125 Å². The molecule has 0 saturated carbocycles. The van der Waals surface area contributed by atoms with Gasteiger partial charge in [0.2, 0.25) is 23.2 Å². The number of methoxy groups -OCH3 is 2. The van der Waals surface area contributed by atoms with Gasteiger partial charge in [-0.15, -0.1) is 0 Å². The van der Waals surface area contributed by atoms with Gasteiger partial charge in [-0.25, -0.2) is 4.79 Å². The molecule has 0 bridgehead atoms. The van der Waals surface area contributed by atoms with Crippen LogP contribution in [-0.2, 0) is 18.9 Å². The summed E-state index contributed by atoms with van der Waals surface area (Å²) in [6, 6.07) is 7.39. The zero-order chi connectivity index (χ0) is 40.7. The molecule has 3 aromatic carbocycles. The minimum absolute atomic E-state index is 0.0722. The first-order chi connectivity index (χ1) is 26.5. The molecule has 1 aromatic heterocycles. The third-order valence-corrected chi connectivity index (χ3v) is 9.23. The number of aliphatic hydroxyl groups is 5. The summed E-state index contributed by atoms with van der Waals surface area (Å²) < 4.78 is 44.4. The molecule has 302 valence electrons. The van der Waals surface area contributed by atoms with Gasteiger partial charge in [0.05, 0.1) is 32.5 Å². The molecular weight excluding hydrogens is 752 g/mol. The lowest BCUT2D eigenvalue weighted by atomic mass is 9.98.